The Morgan fingerprint density at radius 1 is 1.13 bits per heavy atom. The quantitative estimate of drug-likeness (QED) is 0.317. The SMILES string of the molecule is C=C[C@@H]1C[C@]1(NC(=O)[C@@H]1C[C@@H](Oc2nsc3ccccc23)CN1C(=O)[C@@H](NC(=O)OC(C)(C)C)C(C)(C)C)C(=O)NS(=O)(=O)C1CC1. The van der Waals surface area contributed by atoms with E-state index in [2.05, 4.69) is 26.3 Å². The Morgan fingerprint density at radius 3 is 2.40 bits per heavy atom. The molecule has 0 radical (unpaired) electrons. The van der Waals surface area contributed by atoms with Gasteiger partial charge in [0.15, 0.2) is 0 Å². The van der Waals surface area contributed by atoms with Crippen molar-refractivity contribution in [2.45, 2.75) is 102 Å². The smallest absolute Gasteiger partial charge is 0.408 e. The summed E-state index contributed by atoms with van der Waals surface area (Å²) in [5.74, 6) is -2.15. The Kier molecular flexibility index (Phi) is 9.12. The predicted octanol–water partition coefficient (Wildman–Crippen LogP) is 3.25. The van der Waals surface area contributed by atoms with Crippen LogP contribution in [0.2, 0.25) is 0 Å². The molecule has 2 aliphatic carbocycles. The average molecular weight is 690 g/mol. The van der Waals surface area contributed by atoms with Crippen molar-refractivity contribution in [3.8, 4) is 5.88 Å². The third-order valence-electron chi connectivity index (χ3n) is 8.49. The van der Waals surface area contributed by atoms with E-state index in [0.29, 0.717) is 18.7 Å². The number of likely N-dealkylation sites (tertiary alicyclic amines) is 1. The number of carbonyl (C=O) groups excluding carboxylic acids is 4. The molecule has 3 fully saturated rings. The van der Waals surface area contributed by atoms with Crippen molar-refractivity contribution in [3.63, 3.8) is 0 Å². The number of hydrogen-bond acceptors (Lipinski definition) is 10. The van der Waals surface area contributed by atoms with Crippen LogP contribution in [-0.4, -0.2) is 82.6 Å². The van der Waals surface area contributed by atoms with Crippen molar-refractivity contribution in [2.75, 3.05) is 6.54 Å². The Labute approximate surface area is 279 Å². The van der Waals surface area contributed by atoms with Gasteiger partial charge in [0.2, 0.25) is 27.7 Å². The molecule has 13 nitrogen and oxygen atoms in total. The summed E-state index contributed by atoms with van der Waals surface area (Å²) in [6.45, 7) is 14.2. The highest BCUT2D eigenvalue weighted by atomic mass is 32.2. The third-order valence-corrected chi connectivity index (χ3v) is 11.1. The molecular weight excluding hydrogens is 647 g/mol. The van der Waals surface area contributed by atoms with Crippen LogP contribution in [0.4, 0.5) is 4.79 Å². The number of benzene rings is 1. The summed E-state index contributed by atoms with van der Waals surface area (Å²) in [5, 5.41) is 5.63. The molecular formula is C32H43N5O8S2. The first-order valence-corrected chi connectivity index (χ1v) is 18.0. The van der Waals surface area contributed by atoms with Crippen molar-refractivity contribution in [3.05, 3.63) is 36.9 Å². The van der Waals surface area contributed by atoms with Gasteiger partial charge in [0.1, 0.15) is 29.3 Å². The lowest BCUT2D eigenvalue weighted by Gasteiger charge is -2.36. The lowest BCUT2D eigenvalue weighted by molar-refractivity contribution is -0.143. The van der Waals surface area contributed by atoms with Crippen molar-refractivity contribution < 1.29 is 37.1 Å². The maximum absolute atomic E-state index is 14.3. The summed E-state index contributed by atoms with van der Waals surface area (Å²) < 4.78 is 44.4. The van der Waals surface area contributed by atoms with Gasteiger partial charge in [0.25, 0.3) is 5.91 Å². The van der Waals surface area contributed by atoms with Crippen LogP contribution >= 0.6 is 11.5 Å². The zero-order valence-electron chi connectivity index (χ0n) is 27.5. The van der Waals surface area contributed by atoms with Gasteiger partial charge >= 0.3 is 6.09 Å². The summed E-state index contributed by atoms with van der Waals surface area (Å²) in [4.78, 5) is 55.9. The molecule has 5 rings (SSSR count). The summed E-state index contributed by atoms with van der Waals surface area (Å²) in [6, 6.07) is 5.34. The first-order chi connectivity index (χ1) is 21.8. The molecule has 5 atom stereocenters. The predicted molar refractivity (Wildman–Crippen MR) is 176 cm³/mol. The number of nitrogens with zero attached hydrogens (tertiary/aromatic N) is 2. The van der Waals surface area contributed by atoms with Crippen LogP contribution in [0.25, 0.3) is 10.1 Å². The highest BCUT2D eigenvalue weighted by molar-refractivity contribution is 7.91. The third kappa shape index (κ3) is 7.56. The van der Waals surface area contributed by atoms with Gasteiger partial charge in [-0.05, 0) is 69.1 Å². The Balaban J connectivity index is 1.42. The molecule has 0 bridgehead atoms. The largest absolute Gasteiger partial charge is 0.471 e. The molecule has 47 heavy (non-hydrogen) atoms. The molecule has 3 aliphatic rings. The van der Waals surface area contributed by atoms with Crippen LogP contribution in [0, 0.1) is 11.3 Å². The van der Waals surface area contributed by atoms with Crippen molar-refractivity contribution in [2.24, 2.45) is 11.3 Å². The first kappa shape index (κ1) is 34.6. The molecule has 0 unspecified atom stereocenters. The number of ether oxygens (including phenoxy) is 2. The van der Waals surface area contributed by atoms with Crippen LogP contribution in [0.3, 0.4) is 0 Å². The van der Waals surface area contributed by atoms with Crippen molar-refractivity contribution in [1.29, 1.82) is 0 Å². The Morgan fingerprint density at radius 2 is 1.81 bits per heavy atom. The van der Waals surface area contributed by atoms with E-state index < -0.39 is 79.7 Å². The van der Waals surface area contributed by atoms with E-state index in [1.807, 2.05) is 24.3 Å². The summed E-state index contributed by atoms with van der Waals surface area (Å²) in [7, 11) is -3.88. The van der Waals surface area contributed by atoms with Gasteiger partial charge < -0.3 is 25.0 Å². The van der Waals surface area contributed by atoms with E-state index in [1.54, 1.807) is 41.5 Å². The van der Waals surface area contributed by atoms with Crippen molar-refractivity contribution >= 4 is 55.5 Å². The maximum atomic E-state index is 14.3. The molecule has 2 aromatic rings. The minimum absolute atomic E-state index is 0.00844. The minimum atomic E-state index is -3.88. The minimum Gasteiger partial charge on any atom is -0.471 e. The normalized spacial score (nSPS) is 25.1. The van der Waals surface area contributed by atoms with E-state index in [0.717, 1.165) is 10.1 Å². The number of alkyl carbamates (subject to hydrolysis) is 1. The molecule has 1 saturated heterocycles. The van der Waals surface area contributed by atoms with Gasteiger partial charge in [-0.1, -0.05) is 39.0 Å². The number of fused-ring (bicyclic) bond motifs is 1. The van der Waals surface area contributed by atoms with Gasteiger partial charge in [0, 0.05) is 12.3 Å². The second-order valence-corrected chi connectivity index (χ2v) is 17.4. The van der Waals surface area contributed by atoms with Crippen LogP contribution in [0.15, 0.2) is 36.9 Å². The van der Waals surface area contributed by atoms with Gasteiger partial charge in [-0.25, -0.2) is 13.2 Å². The van der Waals surface area contributed by atoms with E-state index in [9.17, 15) is 27.6 Å². The van der Waals surface area contributed by atoms with E-state index in [1.165, 1.54) is 22.5 Å². The van der Waals surface area contributed by atoms with Gasteiger partial charge in [-0.15, -0.1) is 6.58 Å². The average Bonchev–Trinajstić information content (AvgIpc) is 3.86. The number of rotatable bonds is 10. The van der Waals surface area contributed by atoms with Gasteiger partial charge in [-0.2, -0.15) is 4.37 Å². The molecule has 0 spiro atoms. The topological polar surface area (TPSA) is 173 Å². The molecule has 1 aromatic heterocycles. The van der Waals surface area contributed by atoms with Crippen molar-refractivity contribution in [1.82, 2.24) is 24.6 Å². The molecule has 2 saturated carbocycles. The molecule has 256 valence electrons. The Hall–Kier alpha value is -3.72. The number of amides is 4. The summed E-state index contributed by atoms with van der Waals surface area (Å²) >= 11 is 1.26. The first-order valence-electron chi connectivity index (χ1n) is 15.7. The molecule has 1 aliphatic heterocycles. The van der Waals surface area contributed by atoms with Crippen LogP contribution < -0.4 is 20.1 Å². The molecule has 4 amide bonds. The van der Waals surface area contributed by atoms with E-state index >= 15 is 0 Å². The molecule has 3 N–H and O–H groups in total. The highest BCUT2D eigenvalue weighted by Crippen LogP contribution is 2.45. The molecule has 15 heteroatoms. The van der Waals surface area contributed by atoms with Crippen LogP contribution in [-0.2, 0) is 29.1 Å². The van der Waals surface area contributed by atoms with E-state index in [4.69, 9.17) is 9.47 Å². The van der Waals surface area contributed by atoms with E-state index in [-0.39, 0.29) is 19.4 Å². The zero-order valence-corrected chi connectivity index (χ0v) is 29.1. The second kappa shape index (κ2) is 12.4. The lowest BCUT2D eigenvalue weighted by atomic mass is 9.85. The van der Waals surface area contributed by atoms with Crippen LogP contribution in [0.1, 0.15) is 67.2 Å². The fourth-order valence-corrected chi connectivity index (χ4v) is 7.82. The maximum Gasteiger partial charge on any atom is 0.408 e. The second-order valence-electron chi connectivity index (χ2n) is 14.6. The monoisotopic (exact) mass is 689 g/mol. The number of aromatic nitrogens is 1. The fourth-order valence-electron chi connectivity index (χ4n) is 5.74. The van der Waals surface area contributed by atoms with Gasteiger partial charge in [-0.3, -0.25) is 19.1 Å². The van der Waals surface area contributed by atoms with Crippen LogP contribution in [0.5, 0.6) is 5.88 Å². The zero-order chi connectivity index (χ0) is 34.5. The molecule has 2 heterocycles. The lowest BCUT2D eigenvalue weighted by Crippen LogP contribution is -2.60. The van der Waals surface area contributed by atoms with Gasteiger partial charge in [0.05, 0.1) is 21.9 Å². The number of nitrogens with one attached hydrogen (secondary N) is 3. The Bertz CT molecular complexity index is 1690. The number of carbonyl (C=O) groups is 4. The highest BCUT2D eigenvalue weighted by Gasteiger charge is 2.62. The summed E-state index contributed by atoms with van der Waals surface area (Å²) in [6.07, 6.45) is 1.21. The standard InChI is InChI=1S/C32H43N5O8S2/c1-8-18-16-32(18,28(40)36-47(42,43)20-13-14-20)34-25(38)22-15-19(44-26-21-11-9-10-12-23(21)46-35-26)17-37(22)27(39)24(30(2,3)4)33-29(41)45-31(5,6)7/h8-12,18-20,22,24H,1,13-17H2,2-7H3,(H,33,41)(H,34,38)(H,36,40)/t18-,19-,22+,24-,32-/m1/s1. The summed E-state index contributed by atoms with van der Waals surface area (Å²) in [5.41, 5.74) is -3.13. The fraction of sp³-hybridized carbons (Fsp3) is 0.594. The number of sulfonamides is 1. The molecule has 1 aromatic carbocycles. The number of hydrogen-bond donors (Lipinski definition) is 3.